The molecular formula is C38H46N8O8. The number of carbonyl (C=O) groups excluding carboxylic acids is 3. The van der Waals surface area contributed by atoms with E-state index in [4.69, 9.17) is 19.0 Å². The highest BCUT2D eigenvalue weighted by Gasteiger charge is 2.40. The molecule has 4 atom stereocenters. The van der Waals surface area contributed by atoms with Gasteiger partial charge in [-0.2, -0.15) is 0 Å². The Morgan fingerprint density at radius 1 is 0.870 bits per heavy atom. The van der Waals surface area contributed by atoms with Crippen molar-refractivity contribution in [3.63, 3.8) is 0 Å². The van der Waals surface area contributed by atoms with Crippen molar-refractivity contribution in [1.29, 1.82) is 0 Å². The second-order valence-electron chi connectivity index (χ2n) is 14.7. The Morgan fingerprint density at radius 2 is 1.54 bits per heavy atom. The molecule has 0 radical (unpaired) electrons. The van der Waals surface area contributed by atoms with E-state index in [2.05, 4.69) is 26.1 Å². The average molecular weight is 743 g/mol. The first-order valence-electron chi connectivity index (χ1n) is 18.4. The van der Waals surface area contributed by atoms with E-state index in [1.165, 1.54) is 4.90 Å². The van der Waals surface area contributed by atoms with Crippen molar-refractivity contribution < 1.29 is 38.3 Å². The number of hydrogen-bond donors (Lipinski definition) is 5. The Labute approximate surface area is 311 Å². The highest BCUT2D eigenvalue weighted by molar-refractivity contribution is 6.03. The van der Waals surface area contributed by atoms with Crippen molar-refractivity contribution in [2.24, 2.45) is 11.8 Å². The molecule has 7 rings (SSSR count). The van der Waals surface area contributed by atoms with Crippen LogP contribution in [0.3, 0.4) is 0 Å². The molecule has 4 aromatic rings. The summed E-state index contributed by atoms with van der Waals surface area (Å²) in [6.07, 6.45) is 2.69. The van der Waals surface area contributed by atoms with Crippen molar-refractivity contribution in [3.8, 4) is 22.4 Å². The van der Waals surface area contributed by atoms with Crippen LogP contribution < -0.4 is 16.0 Å². The Morgan fingerprint density at radius 3 is 2.22 bits per heavy atom. The van der Waals surface area contributed by atoms with Gasteiger partial charge in [0, 0.05) is 13.1 Å². The highest BCUT2D eigenvalue weighted by Crippen LogP contribution is 2.34. The van der Waals surface area contributed by atoms with Crippen LogP contribution in [-0.4, -0.2) is 98.3 Å². The minimum Gasteiger partial charge on any atom is -0.465 e. The molecule has 0 unspecified atom stereocenters. The zero-order valence-electron chi connectivity index (χ0n) is 30.7. The number of benzene rings is 2. The van der Waals surface area contributed by atoms with E-state index in [1.807, 2.05) is 55.1 Å². The zero-order valence-corrected chi connectivity index (χ0v) is 30.7. The summed E-state index contributed by atoms with van der Waals surface area (Å²) in [7, 11) is 0. The summed E-state index contributed by atoms with van der Waals surface area (Å²) in [4.78, 5) is 63.3. The summed E-state index contributed by atoms with van der Waals surface area (Å²) in [5, 5.41) is 22.3. The third kappa shape index (κ3) is 7.54. The Balaban J connectivity index is 1.03. The number of H-pyrrole nitrogens is 1. The molecular weight excluding hydrogens is 696 g/mol. The van der Waals surface area contributed by atoms with Gasteiger partial charge in [0.25, 0.3) is 0 Å². The summed E-state index contributed by atoms with van der Waals surface area (Å²) in [6, 6.07) is 11.2. The maximum absolute atomic E-state index is 13.7. The molecule has 0 bridgehead atoms. The van der Waals surface area contributed by atoms with Crippen LogP contribution in [0, 0.1) is 11.8 Å². The van der Waals surface area contributed by atoms with E-state index in [1.54, 1.807) is 26.1 Å². The fourth-order valence-corrected chi connectivity index (χ4v) is 7.45. The first-order valence-corrected chi connectivity index (χ1v) is 18.4. The second kappa shape index (κ2) is 15.6. The van der Waals surface area contributed by atoms with Gasteiger partial charge in [0.15, 0.2) is 18.2 Å². The number of aromatic amines is 1. The molecule has 3 aliphatic rings. The minimum absolute atomic E-state index is 0.00217. The third-order valence-electron chi connectivity index (χ3n) is 10.4. The van der Waals surface area contributed by atoms with E-state index in [0.717, 1.165) is 41.1 Å². The summed E-state index contributed by atoms with van der Waals surface area (Å²) in [5.74, 6) is -0.113. The molecule has 3 aliphatic heterocycles. The van der Waals surface area contributed by atoms with Gasteiger partial charge >= 0.3 is 6.09 Å². The largest absolute Gasteiger partial charge is 0.465 e. The predicted molar refractivity (Wildman–Crippen MR) is 196 cm³/mol. The number of anilines is 1. The van der Waals surface area contributed by atoms with E-state index >= 15 is 0 Å². The number of imidazole rings is 1. The standard InChI is InChI=1S/C38H46N8O8/c1-20(2)30(41-37(50)51)35(48)46-16-6-8-28(46)34(47)43-32-25-17-24(13-14-29(25)54-44-32)22-9-11-23(12-10-22)26-18-39-33(40-26)27-7-5-15-45(27)36(49)31(21(3)4)42-38-52-19-53-38/h9-14,17-18,20-21,27-28,30-31,38,41-42H,5-8,15-16,19H2,1-4H3,(H,39,40)(H,50,51)(H,43,44,47)/t27-,28-,30+,31+/m0/s1. The molecule has 2 aromatic heterocycles. The maximum Gasteiger partial charge on any atom is 0.405 e. The summed E-state index contributed by atoms with van der Waals surface area (Å²) < 4.78 is 16.2. The first kappa shape index (κ1) is 37.0. The smallest absolute Gasteiger partial charge is 0.405 e. The van der Waals surface area contributed by atoms with Crippen molar-refractivity contribution >= 4 is 40.6 Å². The second-order valence-corrected chi connectivity index (χ2v) is 14.7. The van der Waals surface area contributed by atoms with Crippen LogP contribution in [0.2, 0.25) is 0 Å². The molecule has 4 amide bonds. The Kier molecular flexibility index (Phi) is 10.7. The number of carbonyl (C=O) groups is 4. The van der Waals surface area contributed by atoms with Gasteiger partial charge in [-0.3, -0.25) is 19.7 Å². The van der Waals surface area contributed by atoms with Crippen LogP contribution >= 0.6 is 0 Å². The summed E-state index contributed by atoms with van der Waals surface area (Å²) in [5.41, 5.74) is 4.06. The molecule has 5 heterocycles. The lowest BCUT2D eigenvalue weighted by Gasteiger charge is -2.35. The summed E-state index contributed by atoms with van der Waals surface area (Å²) in [6.45, 7) is 8.73. The number of amides is 4. The fourth-order valence-electron chi connectivity index (χ4n) is 7.45. The lowest BCUT2D eigenvalue weighted by Crippen LogP contribution is -2.56. The van der Waals surface area contributed by atoms with Gasteiger partial charge in [0.2, 0.25) is 24.1 Å². The molecule has 2 aromatic carbocycles. The number of fused-ring (bicyclic) bond motifs is 1. The van der Waals surface area contributed by atoms with Crippen LogP contribution in [0.15, 0.2) is 53.2 Å². The molecule has 0 spiro atoms. The van der Waals surface area contributed by atoms with Crippen LogP contribution in [0.5, 0.6) is 0 Å². The topological polar surface area (TPSA) is 204 Å². The third-order valence-corrected chi connectivity index (χ3v) is 10.4. The van der Waals surface area contributed by atoms with Crippen LogP contribution in [0.4, 0.5) is 10.6 Å². The number of nitrogens with zero attached hydrogens (tertiary/aromatic N) is 4. The molecule has 286 valence electrons. The molecule has 16 heteroatoms. The monoisotopic (exact) mass is 742 g/mol. The minimum atomic E-state index is -1.29. The number of nitrogens with one attached hydrogen (secondary N) is 4. The van der Waals surface area contributed by atoms with E-state index in [0.29, 0.717) is 36.9 Å². The molecule has 54 heavy (non-hydrogen) atoms. The van der Waals surface area contributed by atoms with E-state index in [-0.39, 0.29) is 36.4 Å². The Bertz CT molecular complexity index is 2010. The summed E-state index contributed by atoms with van der Waals surface area (Å²) >= 11 is 0. The molecule has 5 N–H and O–H groups in total. The van der Waals surface area contributed by atoms with Gasteiger partial charge in [0.05, 0.1) is 29.4 Å². The van der Waals surface area contributed by atoms with Gasteiger partial charge in [-0.05, 0) is 66.3 Å². The fraction of sp³-hybridized carbons (Fsp3) is 0.474. The quantitative estimate of drug-likeness (QED) is 0.135. The lowest BCUT2D eigenvalue weighted by atomic mass is 10.0. The normalized spacial score (nSPS) is 20.0. The molecule has 0 saturated carbocycles. The molecule has 3 saturated heterocycles. The maximum atomic E-state index is 13.7. The SMILES string of the molecule is CC(C)[C@@H](NC(=O)O)C(=O)N1CCC[C@H]1C(=O)Nc1noc2ccc(-c3ccc(-c4cnc([C@@H]5CCCN5C(=O)[C@H](NC5OCO5)C(C)C)[nH]4)cc3)cc12. The molecule has 16 nitrogen and oxygen atoms in total. The van der Waals surface area contributed by atoms with Crippen molar-refractivity contribution in [2.45, 2.75) is 84.0 Å². The molecule has 0 aliphatic carbocycles. The number of aromatic nitrogens is 3. The number of likely N-dealkylation sites (tertiary alicyclic amines) is 2. The van der Waals surface area contributed by atoms with Crippen molar-refractivity contribution in [1.82, 2.24) is 35.6 Å². The van der Waals surface area contributed by atoms with Crippen LogP contribution in [0.1, 0.15) is 65.2 Å². The van der Waals surface area contributed by atoms with Gasteiger partial charge in [-0.25, -0.2) is 9.78 Å². The number of hydrogen-bond acceptors (Lipinski definition) is 10. The first-order chi connectivity index (χ1) is 26.0. The zero-order chi connectivity index (χ0) is 38.1. The number of ether oxygens (including phenoxy) is 2. The predicted octanol–water partition coefficient (Wildman–Crippen LogP) is 4.67. The van der Waals surface area contributed by atoms with Gasteiger partial charge in [0.1, 0.15) is 17.9 Å². The lowest BCUT2D eigenvalue weighted by molar-refractivity contribution is -0.335. The van der Waals surface area contributed by atoms with E-state index in [9.17, 15) is 24.3 Å². The van der Waals surface area contributed by atoms with E-state index < -0.39 is 42.4 Å². The number of rotatable bonds is 12. The van der Waals surface area contributed by atoms with Gasteiger partial charge in [-0.15, -0.1) is 0 Å². The van der Waals surface area contributed by atoms with Crippen molar-refractivity contribution in [3.05, 3.63) is 54.5 Å². The van der Waals surface area contributed by atoms with Crippen molar-refractivity contribution in [2.75, 3.05) is 25.2 Å². The van der Waals surface area contributed by atoms with Gasteiger partial charge in [-0.1, -0.05) is 63.2 Å². The molecule has 3 fully saturated rings. The van der Waals surface area contributed by atoms with Crippen LogP contribution in [-0.2, 0) is 23.9 Å². The highest BCUT2D eigenvalue weighted by atomic mass is 16.9. The number of carboxylic acid groups (broad SMARTS) is 1. The van der Waals surface area contributed by atoms with Gasteiger partial charge < -0.3 is 44.5 Å². The van der Waals surface area contributed by atoms with Crippen LogP contribution in [0.25, 0.3) is 33.4 Å². The Hall–Kier alpha value is -5.32. The average Bonchev–Trinajstić information content (AvgIpc) is 3.96.